The summed E-state index contributed by atoms with van der Waals surface area (Å²) >= 11 is 0. The smallest absolute Gasteiger partial charge is 0.165 e. The van der Waals surface area contributed by atoms with Gasteiger partial charge in [-0.1, -0.05) is 32.0 Å². The number of carbonyl (C=O) groups is 1. The third kappa shape index (κ3) is 3.19. The monoisotopic (exact) mass is 270 g/mol. The number of fused-ring (bicyclic) bond motifs is 1. The van der Waals surface area contributed by atoms with E-state index in [1.165, 1.54) is 0 Å². The van der Waals surface area contributed by atoms with Crippen molar-refractivity contribution in [1.82, 2.24) is 0 Å². The van der Waals surface area contributed by atoms with Crippen LogP contribution in [0.4, 0.5) is 0 Å². The first-order chi connectivity index (χ1) is 9.51. The minimum atomic E-state index is 0.0796. The molecule has 2 nitrogen and oxygen atoms in total. The molecule has 0 heterocycles. The summed E-state index contributed by atoms with van der Waals surface area (Å²) in [5, 5.41) is 2.18. The van der Waals surface area contributed by atoms with Crippen molar-refractivity contribution in [3.63, 3.8) is 0 Å². The van der Waals surface area contributed by atoms with Crippen LogP contribution in [0, 0.1) is 5.92 Å². The second kappa shape index (κ2) is 6.08. The molecule has 0 N–H and O–H groups in total. The van der Waals surface area contributed by atoms with Gasteiger partial charge in [-0.25, -0.2) is 0 Å². The third-order valence-corrected chi connectivity index (χ3v) is 3.53. The van der Waals surface area contributed by atoms with Gasteiger partial charge in [-0.2, -0.15) is 0 Å². The van der Waals surface area contributed by atoms with Crippen molar-refractivity contribution >= 4 is 16.6 Å². The van der Waals surface area contributed by atoms with Gasteiger partial charge in [0, 0.05) is 11.5 Å². The first-order valence-electron chi connectivity index (χ1n) is 7.26. The molecule has 0 fully saturated rings. The molecule has 2 heteroatoms. The van der Waals surface area contributed by atoms with Crippen LogP contribution in [0.2, 0.25) is 0 Å². The SMILES string of the molecule is CCC(C)C(=O)c1ccc2cc(OC(C)C)ccc2c1. The number of ether oxygens (including phenoxy) is 1. The summed E-state index contributed by atoms with van der Waals surface area (Å²) in [6.07, 6.45) is 1.04. The molecule has 106 valence electrons. The summed E-state index contributed by atoms with van der Waals surface area (Å²) in [4.78, 5) is 12.2. The fourth-order valence-corrected chi connectivity index (χ4v) is 2.19. The third-order valence-electron chi connectivity index (χ3n) is 3.53. The molecule has 0 aliphatic carbocycles. The highest BCUT2D eigenvalue weighted by molar-refractivity contribution is 6.01. The lowest BCUT2D eigenvalue weighted by atomic mass is 9.95. The summed E-state index contributed by atoms with van der Waals surface area (Å²) in [7, 11) is 0. The van der Waals surface area contributed by atoms with Gasteiger partial charge in [0.25, 0.3) is 0 Å². The first kappa shape index (κ1) is 14.6. The van der Waals surface area contributed by atoms with Crippen molar-refractivity contribution in [3.05, 3.63) is 42.0 Å². The molecule has 2 aromatic rings. The van der Waals surface area contributed by atoms with Gasteiger partial charge in [-0.05, 0) is 49.2 Å². The molecular weight excluding hydrogens is 248 g/mol. The van der Waals surface area contributed by atoms with E-state index in [9.17, 15) is 4.79 Å². The summed E-state index contributed by atoms with van der Waals surface area (Å²) in [6.45, 7) is 8.04. The van der Waals surface area contributed by atoms with Gasteiger partial charge in [-0.3, -0.25) is 4.79 Å². The van der Waals surface area contributed by atoms with Gasteiger partial charge in [0.15, 0.2) is 5.78 Å². The van der Waals surface area contributed by atoms with Crippen LogP contribution in [0.1, 0.15) is 44.5 Å². The van der Waals surface area contributed by atoms with E-state index in [0.717, 1.165) is 28.5 Å². The number of carbonyl (C=O) groups excluding carboxylic acids is 1. The van der Waals surface area contributed by atoms with Gasteiger partial charge in [0.2, 0.25) is 0 Å². The molecule has 0 amide bonds. The minimum Gasteiger partial charge on any atom is -0.491 e. The topological polar surface area (TPSA) is 26.3 Å². The number of rotatable bonds is 5. The van der Waals surface area contributed by atoms with E-state index in [0.29, 0.717) is 0 Å². The predicted molar refractivity (Wildman–Crippen MR) is 83.5 cm³/mol. The van der Waals surface area contributed by atoms with Gasteiger partial charge in [-0.15, -0.1) is 0 Å². The second-order valence-electron chi connectivity index (χ2n) is 5.56. The van der Waals surface area contributed by atoms with Crippen molar-refractivity contribution in [2.24, 2.45) is 5.92 Å². The van der Waals surface area contributed by atoms with Crippen molar-refractivity contribution in [2.75, 3.05) is 0 Å². The Morgan fingerprint density at radius 1 is 1.05 bits per heavy atom. The van der Waals surface area contributed by atoms with E-state index in [1.807, 2.05) is 64.1 Å². The van der Waals surface area contributed by atoms with E-state index in [2.05, 4.69) is 0 Å². The fourth-order valence-electron chi connectivity index (χ4n) is 2.19. The molecule has 0 radical (unpaired) electrons. The largest absolute Gasteiger partial charge is 0.491 e. The lowest BCUT2D eigenvalue weighted by Gasteiger charge is -2.11. The molecule has 1 unspecified atom stereocenters. The first-order valence-corrected chi connectivity index (χ1v) is 7.26. The molecule has 2 rings (SSSR count). The van der Waals surface area contributed by atoms with Crippen LogP contribution < -0.4 is 4.74 Å². The van der Waals surface area contributed by atoms with E-state index in [4.69, 9.17) is 4.74 Å². The fraction of sp³-hybridized carbons (Fsp3) is 0.389. The molecule has 0 aromatic heterocycles. The molecule has 1 atom stereocenters. The average Bonchev–Trinajstić information content (AvgIpc) is 2.44. The highest BCUT2D eigenvalue weighted by Gasteiger charge is 2.13. The van der Waals surface area contributed by atoms with Crippen LogP contribution in [0.25, 0.3) is 10.8 Å². The Bertz CT molecular complexity index is 614. The zero-order chi connectivity index (χ0) is 14.7. The zero-order valence-corrected chi connectivity index (χ0v) is 12.6. The Labute approximate surface area is 120 Å². The van der Waals surface area contributed by atoms with Gasteiger partial charge < -0.3 is 4.74 Å². The van der Waals surface area contributed by atoms with Crippen LogP contribution in [-0.2, 0) is 0 Å². The van der Waals surface area contributed by atoms with Crippen LogP contribution in [0.3, 0.4) is 0 Å². The summed E-state index contributed by atoms with van der Waals surface area (Å²) in [6, 6.07) is 11.9. The number of Topliss-reactive ketones (excluding diaryl/α,β-unsaturated/α-hetero) is 1. The van der Waals surface area contributed by atoms with Crippen molar-refractivity contribution in [2.45, 2.75) is 40.2 Å². The van der Waals surface area contributed by atoms with E-state index < -0.39 is 0 Å². The lowest BCUT2D eigenvalue weighted by molar-refractivity contribution is 0.0927. The zero-order valence-electron chi connectivity index (χ0n) is 12.6. The maximum atomic E-state index is 12.2. The highest BCUT2D eigenvalue weighted by Crippen LogP contribution is 2.24. The van der Waals surface area contributed by atoms with Gasteiger partial charge >= 0.3 is 0 Å². The molecule has 2 aromatic carbocycles. The van der Waals surface area contributed by atoms with Gasteiger partial charge in [0.05, 0.1) is 6.10 Å². The Kier molecular flexibility index (Phi) is 4.43. The maximum absolute atomic E-state index is 12.2. The molecular formula is C18H22O2. The number of hydrogen-bond donors (Lipinski definition) is 0. The normalized spacial score (nSPS) is 12.7. The van der Waals surface area contributed by atoms with E-state index in [1.54, 1.807) is 0 Å². The molecule has 0 saturated carbocycles. The number of benzene rings is 2. The number of ketones is 1. The van der Waals surface area contributed by atoms with Crippen LogP contribution in [0.5, 0.6) is 5.75 Å². The summed E-state index contributed by atoms with van der Waals surface area (Å²) in [5.74, 6) is 1.17. The minimum absolute atomic E-state index is 0.0796. The lowest BCUT2D eigenvalue weighted by Crippen LogP contribution is -2.10. The van der Waals surface area contributed by atoms with Crippen molar-refractivity contribution in [3.8, 4) is 5.75 Å². The summed E-state index contributed by atoms with van der Waals surface area (Å²) < 4.78 is 5.69. The quantitative estimate of drug-likeness (QED) is 0.725. The van der Waals surface area contributed by atoms with Crippen LogP contribution in [0.15, 0.2) is 36.4 Å². The highest BCUT2D eigenvalue weighted by atomic mass is 16.5. The Morgan fingerprint density at radius 3 is 2.35 bits per heavy atom. The molecule has 0 aliphatic heterocycles. The predicted octanol–water partition coefficient (Wildman–Crippen LogP) is 4.86. The van der Waals surface area contributed by atoms with Crippen LogP contribution >= 0.6 is 0 Å². The van der Waals surface area contributed by atoms with E-state index in [-0.39, 0.29) is 17.8 Å². The number of hydrogen-bond acceptors (Lipinski definition) is 2. The molecule has 20 heavy (non-hydrogen) atoms. The van der Waals surface area contributed by atoms with Crippen molar-refractivity contribution < 1.29 is 9.53 Å². The Balaban J connectivity index is 2.34. The molecule has 0 aliphatic rings. The van der Waals surface area contributed by atoms with Gasteiger partial charge in [0.1, 0.15) is 5.75 Å². The molecule has 0 spiro atoms. The maximum Gasteiger partial charge on any atom is 0.165 e. The van der Waals surface area contributed by atoms with Crippen molar-refractivity contribution in [1.29, 1.82) is 0 Å². The Hall–Kier alpha value is -1.83. The molecule has 0 saturated heterocycles. The second-order valence-corrected chi connectivity index (χ2v) is 5.56. The Morgan fingerprint density at radius 2 is 1.70 bits per heavy atom. The molecule has 0 bridgehead atoms. The van der Waals surface area contributed by atoms with E-state index >= 15 is 0 Å². The average molecular weight is 270 g/mol. The standard InChI is InChI=1S/C18H22O2/c1-5-13(4)18(19)16-7-6-15-11-17(20-12(2)3)9-8-14(15)10-16/h6-13H,5H2,1-4H3. The summed E-state index contributed by atoms with van der Waals surface area (Å²) in [5.41, 5.74) is 0.796. The van der Waals surface area contributed by atoms with Crippen LogP contribution in [-0.4, -0.2) is 11.9 Å².